The number of rotatable bonds is 4. The number of nitrogens with one attached hydrogen (secondary N) is 1. The minimum Gasteiger partial charge on any atom is -0.481 e. The molecule has 0 aliphatic heterocycles. The number of anilines is 1. The summed E-state index contributed by atoms with van der Waals surface area (Å²) in [5.41, 5.74) is 2.86. The van der Waals surface area contributed by atoms with E-state index in [1.54, 1.807) is 23.9 Å². The van der Waals surface area contributed by atoms with Gasteiger partial charge in [-0.1, -0.05) is 23.2 Å². The first-order chi connectivity index (χ1) is 9.02. The number of nitrogens with zero attached hydrogens (tertiary/aromatic N) is 2. The highest BCUT2D eigenvalue weighted by Gasteiger charge is 2.13. The van der Waals surface area contributed by atoms with Crippen LogP contribution in [0.4, 0.5) is 5.69 Å². The van der Waals surface area contributed by atoms with Crippen molar-refractivity contribution in [2.24, 2.45) is 7.05 Å². The predicted octanol–water partition coefficient (Wildman–Crippen LogP) is 3.66. The van der Waals surface area contributed by atoms with Gasteiger partial charge < -0.3 is 10.1 Å². The number of halogens is 2. The van der Waals surface area contributed by atoms with Gasteiger partial charge >= 0.3 is 0 Å². The van der Waals surface area contributed by atoms with E-state index in [-0.39, 0.29) is 0 Å². The fourth-order valence-corrected chi connectivity index (χ4v) is 2.23. The first kappa shape index (κ1) is 14.0. The Morgan fingerprint density at radius 2 is 2.05 bits per heavy atom. The van der Waals surface area contributed by atoms with Crippen LogP contribution in [0.3, 0.4) is 0 Å². The van der Waals surface area contributed by atoms with Crippen LogP contribution in [0.2, 0.25) is 10.0 Å². The van der Waals surface area contributed by atoms with Gasteiger partial charge in [-0.2, -0.15) is 5.10 Å². The number of aryl methyl sites for hydroxylation is 2. The molecule has 0 radical (unpaired) electrons. The molecule has 1 N–H and O–H groups in total. The molecule has 0 bridgehead atoms. The molecule has 0 amide bonds. The third kappa shape index (κ3) is 2.96. The molecule has 4 nitrogen and oxygen atoms in total. The number of ether oxygens (including phenoxy) is 1. The van der Waals surface area contributed by atoms with Crippen molar-refractivity contribution in [2.45, 2.75) is 13.5 Å². The van der Waals surface area contributed by atoms with Crippen molar-refractivity contribution in [3.05, 3.63) is 39.5 Å². The van der Waals surface area contributed by atoms with Gasteiger partial charge in [-0.05, 0) is 25.1 Å². The van der Waals surface area contributed by atoms with Crippen molar-refractivity contribution < 1.29 is 4.74 Å². The first-order valence-electron chi connectivity index (χ1n) is 5.78. The van der Waals surface area contributed by atoms with Crippen LogP contribution < -0.4 is 10.1 Å². The third-order valence-corrected chi connectivity index (χ3v) is 3.61. The fourth-order valence-electron chi connectivity index (χ4n) is 1.94. The topological polar surface area (TPSA) is 39.1 Å². The van der Waals surface area contributed by atoms with Gasteiger partial charge in [-0.25, -0.2) is 4.68 Å². The number of hydrogen-bond acceptors (Lipinski definition) is 3. The van der Waals surface area contributed by atoms with Gasteiger partial charge in [0.2, 0.25) is 5.88 Å². The molecule has 19 heavy (non-hydrogen) atoms. The SMILES string of the molecule is COc1c(CNc2ccc(Cl)c(Cl)c2)c(C)nn1C. The maximum Gasteiger partial charge on any atom is 0.216 e. The second-order valence-electron chi connectivity index (χ2n) is 4.18. The lowest BCUT2D eigenvalue weighted by molar-refractivity contribution is 0.370. The van der Waals surface area contributed by atoms with Crippen LogP contribution in [0.25, 0.3) is 0 Å². The van der Waals surface area contributed by atoms with E-state index < -0.39 is 0 Å². The van der Waals surface area contributed by atoms with E-state index in [4.69, 9.17) is 27.9 Å². The van der Waals surface area contributed by atoms with Gasteiger partial charge in [0.05, 0.1) is 28.4 Å². The van der Waals surface area contributed by atoms with Gasteiger partial charge in [-0.3, -0.25) is 0 Å². The zero-order chi connectivity index (χ0) is 14.0. The Morgan fingerprint density at radius 1 is 1.32 bits per heavy atom. The normalized spacial score (nSPS) is 10.6. The number of methoxy groups -OCH3 is 1. The van der Waals surface area contributed by atoms with Crippen molar-refractivity contribution in [3.8, 4) is 5.88 Å². The van der Waals surface area contributed by atoms with Crippen LogP contribution in [-0.4, -0.2) is 16.9 Å². The van der Waals surface area contributed by atoms with Crippen LogP contribution >= 0.6 is 23.2 Å². The Hall–Kier alpha value is -1.39. The molecule has 2 rings (SSSR count). The molecule has 1 heterocycles. The van der Waals surface area contributed by atoms with Gasteiger partial charge in [-0.15, -0.1) is 0 Å². The molecule has 6 heteroatoms. The summed E-state index contributed by atoms with van der Waals surface area (Å²) in [5.74, 6) is 0.755. The van der Waals surface area contributed by atoms with E-state index >= 15 is 0 Å². The molecule has 0 aliphatic rings. The van der Waals surface area contributed by atoms with Gasteiger partial charge in [0.25, 0.3) is 0 Å². The first-order valence-corrected chi connectivity index (χ1v) is 6.54. The van der Waals surface area contributed by atoms with Crippen molar-refractivity contribution in [2.75, 3.05) is 12.4 Å². The molecular formula is C13H15Cl2N3O. The molecule has 0 atom stereocenters. The molecule has 0 aliphatic carbocycles. The number of aromatic nitrogens is 2. The Bertz CT molecular complexity index is 596. The van der Waals surface area contributed by atoms with Crippen LogP contribution in [-0.2, 0) is 13.6 Å². The van der Waals surface area contributed by atoms with E-state index in [0.29, 0.717) is 16.6 Å². The third-order valence-electron chi connectivity index (χ3n) is 2.87. The highest BCUT2D eigenvalue weighted by atomic mass is 35.5. The summed E-state index contributed by atoms with van der Waals surface area (Å²) in [6.45, 7) is 2.56. The van der Waals surface area contributed by atoms with Crippen LogP contribution in [0.1, 0.15) is 11.3 Å². The highest BCUT2D eigenvalue weighted by Crippen LogP contribution is 2.26. The van der Waals surface area contributed by atoms with E-state index in [9.17, 15) is 0 Å². The summed E-state index contributed by atoms with van der Waals surface area (Å²) < 4.78 is 7.06. The molecular weight excluding hydrogens is 285 g/mol. The maximum atomic E-state index is 5.98. The molecule has 1 aromatic heterocycles. The number of hydrogen-bond donors (Lipinski definition) is 1. The lowest BCUT2D eigenvalue weighted by Crippen LogP contribution is -2.02. The average molecular weight is 300 g/mol. The Kier molecular flexibility index (Phi) is 4.22. The lowest BCUT2D eigenvalue weighted by Gasteiger charge is -2.09. The monoisotopic (exact) mass is 299 g/mol. The summed E-state index contributed by atoms with van der Waals surface area (Å²) in [4.78, 5) is 0. The second-order valence-corrected chi connectivity index (χ2v) is 4.99. The molecule has 0 saturated heterocycles. The molecule has 0 spiro atoms. The zero-order valence-corrected chi connectivity index (χ0v) is 12.5. The summed E-state index contributed by atoms with van der Waals surface area (Å²) in [6.07, 6.45) is 0. The molecule has 0 saturated carbocycles. The van der Waals surface area contributed by atoms with E-state index in [2.05, 4.69) is 10.4 Å². The highest BCUT2D eigenvalue weighted by molar-refractivity contribution is 6.42. The minimum atomic E-state index is 0.529. The van der Waals surface area contributed by atoms with Crippen LogP contribution in [0.5, 0.6) is 5.88 Å². The lowest BCUT2D eigenvalue weighted by atomic mass is 10.2. The van der Waals surface area contributed by atoms with Crippen molar-refractivity contribution in [3.63, 3.8) is 0 Å². The maximum absolute atomic E-state index is 5.98. The summed E-state index contributed by atoms with van der Waals surface area (Å²) in [5, 5.41) is 8.68. The number of benzene rings is 1. The quantitative estimate of drug-likeness (QED) is 0.936. The predicted molar refractivity (Wildman–Crippen MR) is 78.3 cm³/mol. The molecule has 0 unspecified atom stereocenters. The Labute approximate surface area is 122 Å². The fraction of sp³-hybridized carbons (Fsp3) is 0.308. The summed E-state index contributed by atoms with van der Waals surface area (Å²) in [6, 6.07) is 5.44. The molecule has 2 aromatic rings. The van der Waals surface area contributed by atoms with E-state index in [1.807, 2.05) is 20.0 Å². The summed E-state index contributed by atoms with van der Waals surface area (Å²) >= 11 is 11.9. The van der Waals surface area contributed by atoms with Crippen molar-refractivity contribution >= 4 is 28.9 Å². The van der Waals surface area contributed by atoms with Crippen LogP contribution in [0.15, 0.2) is 18.2 Å². The van der Waals surface area contributed by atoms with Crippen LogP contribution in [0, 0.1) is 6.92 Å². The van der Waals surface area contributed by atoms with Gasteiger partial charge in [0.1, 0.15) is 0 Å². The van der Waals surface area contributed by atoms with Crippen molar-refractivity contribution in [1.82, 2.24) is 9.78 Å². The average Bonchev–Trinajstić information content (AvgIpc) is 2.64. The van der Waals surface area contributed by atoms with Gasteiger partial charge in [0.15, 0.2) is 0 Å². The zero-order valence-electron chi connectivity index (χ0n) is 11.0. The Balaban J connectivity index is 2.16. The van der Waals surface area contributed by atoms with E-state index in [0.717, 1.165) is 22.8 Å². The molecule has 1 aromatic carbocycles. The largest absolute Gasteiger partial charge is 0.481 e. The standard InChI is InChI=1S/C13H15Cl2N3O/c1-8-10(13(19-3)18(2)17-8)7-16-9-4-5-11(14)12(15)6-9/h4-6,16H,7H2,1-3H3. The van der Waals surface area contributed by atoms with Crippen molar-refractivity contribution in [1.29, 1.82) is 0 Å². The van der Waals surface area contributed by atoms with E-state index in [1.165, 1.54) is 0 Å². The molecule has 0 fully saturated rings. The summed E-state index contributed by atoms with van der Waals surface area (Å²) in [7, 11) is 3.49. The molecule has 102 valence electrons. The minimum absolute atomic E-state index is 0.529. The van der Waals surface area contributed by atoms with Gasteiger partial charge in [0, 0.05) is 19.3 Å². The Morgan fingerprint density at radius 3 is 2.68 bits per heavy atom. The second kappa shape index (κ2) is 5.72. The smallest absolute Gasteiger partial charge is 0.216 e.